The van der Waals surface area contributed by atoms with Gasteiger partial charge in [-0.05, 0) is 30.9 Å². The Labute approximate surface area is 78.8 Å². The van der Waals surface area contributed by atoms with E-state index in [2.05, 4.69) is 25.1 Å². The lowest BCUT2D eigenvalue weighted by Gasteiger charge is -2.04. The summed E-state index contributed by atoms with van der Waals surface area (Å²) in [6.45, 7) is 2.08. The van der Waals surface area contributed by atoms with Crippen LogP contribution in [0.5, 0.6) is 0 Å². The fraction of sp³-hybridized carbons (Fsp3) is 0.417. The quantitative estimate of drug-likeness (QED) is 0.552. The molecule has 0 fully saturated rings. The number of benzene rings is 1. The highest BCUT2D eigenvalue weighted by Crippen LogP contribution is 2.19. The van der Waals surface area contributed by atoms with E-state index in [1.54, 1.807) is 0 Å². The third kappa shape index (κ3) is 1.80. The van der Waals surface area contributed by atoms with Crippen molar-refractivity contribution in [1.82, 2.24) is 0 Å². The minimum atomic E-state index is 0.393. The summed E-state index contributed by atoms with van der Waals surface area (Å²) < 4.78 is 0. The first kappa shape index (κ1) is 8.49. The lowest BCUT2D eigenvalue weighted by Crippen LogP contribution is -2.00. The summed E-state index contributed by atoms with van der Waals surface area (Å²) >= 11 is 0. The topological polar surface area (TPSA) is 17.1 Å². The summed E-state index contributed by atoms with van der Waals surface area (Å²) in [6, 6.07) is 6.45. The first-order valence-corrected chi connectivity index (χ1v) is 4.86. The van der Waals surface area contributed by atoms with Crippen LogP contribution >= 0.6 is 0 Å². The number of Topliss-reactive ketones (excluding diaryl/α,β-unsaturated/α-hetero) is 1. The normalized spacial score (nSPS) is 16.5. The first-order valence-electron chi connectivity index (χ1n) is 4.86. The first-order chi connectivity index (χ1) is 6.25. The SMILES string of the molecule is Cc1ccc2c(c1)CC(=O)CCC2. The minimum absolute atomic E-state index is 0.393. The molecule has 1 aliphatic rings. The van der Waals surface area contributed by atoms with E-state index < -0.39 is 0 Å². The molecule has 0 heterocycles. The van der Waals surface area contributed by atoms with Gasteiger partial charge in [-0.3, -0.25) is 4.79 Å². The summed E-state index contributed by atoms with van der Waals surface area (Å²) in [7, 11) is 0. The molecule has 0 bridgehead atoms. The van der Waals surface area contributed by atoms with Crippen LogP contribution in [0.2, 0.25) is 0 Å². The van der Waals surface area contributed by atoms with Crippen molar-refractivity contribution in [3.05, 3.63) is 34.9 Å². The molecule has 0 atom stereocenters. The van der Waals surface area contributed by atoms with Crippen molar-refractivity contribution in [2.75, 3.05) is 0 Å². The van der Waals surface area contributed by atoms with E-state index in [9.17, 15) is 4.79 Å². The molecule has 1 aromatic rings. The molecule has 0 unspecified atom stereocenters. The summed E-state index contributed by atoms with van der Waals surface area (Å²) in [4.78, 5) is 11.4. The smallest absolute Gasteiger partial charge is 0.137 e. The molecule has 0 spiro atoms. The highest BCUT2D eigenvalue weighted by Gasteiger charge is 2.12. The molecule has 13 heavy (non-hydrogen) atoms. The Morgan fingerprint density at radius 2 is 2.00 bits per heavy atom. The summed E-state index contributed by atoms with van der Waals surface area (Å²) in [5.41, 5.74) is 3.88. The maximum absolute atomic E-state index is 11.4. The second kappa shape index (κ2) is 3.33. The standard InChI is InChI=1S/C12H14O/c1-9-5-6-10-3-2-4-12(13)8-11(10)7-9/h5-7H,2-4,8H2,1H3. The number of carbonyl (C=O) groups is 1. The Hall–Kier alpha value is -1.11. The molecule has 0 radical (unpaired) electrons. The molecule has 2 rings (SSSR count). The van der Waals surface area contributed by atoms with Gasteiger partial charge in [-0.25, -0.2) is 0 Å². The molecule has 1 aliphatic carbocycles. The maximum atomic E-state index is 11.4. The Bertz CT molecular complexity index is 339. The van der Waals surface area contributed by atoms with Crippen LogP contribution in [-0.4, -0.2) is 5.78 Å². The second-order valence-corrected chi connectivity index (χ2v) is 3.84. The number of rotatable bonds is 0. The van der Waals surface area contributed by atoms with Gasteiger partial charge in [0.2, 0.25) is 0 Å². The fourth-order valence-corrected chi connectivity index (χ4v) is 1.94. The zero-order chi connectivity index (χ0) is 9.26. The third-order valence-corrected chi connectivity index (χ3v) is 2.65. The number of hydrogen-bond donors (Lipinski definition) is 0. The van der Waals surface area contributed by atoms with E-state index in [4.69, 9.17) is 0 Å². The van der Waals surface area contributed by atoms with E-state index in [0.29, 0.717) is 12.2 Å². The van der Waals surface area contributed by atoms with Crippen LogP contribution < -0.4 is 0 Å². The van der Waals surface area contributed by atoms with Gasteiger partial charge < -0.3 is 0 Å². The molecule has 1 heteroatoms. The Balaban J connectivity index is 2.40. The van der Waals surface area contributed by atoms with Gasteiger partial charge in [0, 0.05) is 12.8 Å². The van der Waals surface area contributed by atoms with Crippen molar-refractivity contribution >= 4 is 5.78 Å². The van der Waals surface area contributed by atoms with Gasteiger partial charge in [-0.15, -0.1) is 0 Å². The number of fused-ring (bicyclic) bond motifs is 1. The van der Waals surface area contributed by atoms with Crippen molar-refractivity contribution in [3.8, 4) is 0 Å². The lowest BCUT2D eigenvalue weighted by molar-refractivity contribution is -0.118. The Kier molecular flexibility index (Phi) is 2.17. The van der Waals surface area contributed by atoms with E-state index in [0.717, 1.165) is 19.3 Å². The van der Waals surface area contributed by atoms with Crippen LogP contribution in [0.15, 0.2) is 18.2 Å². The highest BCUT2D eigenvalue weighted by molar-refractivity contribution is 5.81. The number of hydrogen-bond acceptors (Lipinski definition) is 1. The highest BCUT2D eigenvalue weighted by atomic mass is 16.1. The molecule has 1 aromatic carbocycles. The number of carbonyl (C=O) groups excluding carboxylic acids is 1. The van der Waals surface area contributed by atoms with E-state index in [1.807, 2.05) is 0 Å². The van der Waals surface area contributed by atoms with Gasteiger partial charge in [0.05, 0.1) is 0 Å². The number of ketones is 1. The largest absolute Gasteiger partial charge is 0.299 e. The number of aryl methyl sites for hydroxylation is 2. The fourth-order valence-electron chi connectivity index (χ4n) is 1.94. The van der Waals surface area contributed by atoms with Crippen LogP contribution in [0.3, 0.4) is 0 Å². The molecule has 0 saturated carbocycles. The van der Waals surface area contributed by atoms with Crippen LogP contribution in [0.1, 0.15) is 29.5 Å². The molecule has 68 valence electrons. The summed E-state index contributed by atoms with van der Waals surface area (Å²) in [5, 5.41) is 0. The third-order valence-electron chi connectivity index (χ3n) is 2.65. The summed E-state index contributed by atoms with van der Waals surface area (Å²) in [5.74, 6) is 0.393. The summed E-state index contributed by atoms with van der Waals surface area (Å²) in [6.07, 6.45) is 3.50. The molecule has 0 aromatic heterocycles. The van der Waals surface area contributed by atoms with E-state index in [1.165, 1.54) is 16.7 Å². The van der Waals surface area contributed by atoms with Gasteiger partial charge in [0.1, 0.15) is 5.78 Å². The van der Waals surface area contributed by atoms with Gasteiger partial charge in [-0.2, -0.15) is 0 Å². The average molecular weight is 174 g/mol. The van der Waals surface area contributed by atoms with E-state index in [-0.39, 0.29) is 0 Å². The zero-order valence-corrected chi connectivity index (χ0v) is 7.97. The van der Waals surface area contributed by atoms with Crippen LogP contribution in [0, 0.1) is 6.92 Å². The average Bonchev–Trinajstić information content (AvgIpc) is 2.25. The van der Waals surface area contributed by atoms with Gasteiger partial charge in [-0.1, -0.05) is 23.8 Å². The van der Waals surface area contributed by atoms with Crippen molar-refractivity contribution in [2.45, 2.75) is 32.6 Å². The molecule has 0 saturated heterocycles. The molecular weight excluding hydrogens is 160 g/mol. The molecule has 0 amide bonds. The zero-order valence-electron chi connectivity index (χ0n) is 7.97. The molecule has 0 aliphatic heterocycles. The molecule has 1 nitrogen and oxygen atoms in total. The van der Waals surface area contributed by atoms with Gasteiger partial charge in [0.15, 0.2) is 0 Å². The maximum Gasteiger partial charge on any atom is 0.137 e. The van der Waals surface area contributed by atoms with Crippen molar-refractivity contribution in [3.63, 3.8) is 0 Å². The van der Waals surface area contributed by atoms with E-state index >= 15 is 0 Å². The van der Waals surface area contributed by atoms with Gasteiger partial charge >= 0.3 is 0 Å². The Morgan fingerprint density at radius 3 is 2.85 bits per heavy atom. The van der Waals surface area contributed by atoms with Crippen molar-refractivity contribution in [1.29, 1.82) is 0 Å². The van der Waals surface area contributed by atoms with Gasteiger partial charge in [0.25, 0.3) is 0 Å². The molecule has 0 N–H and O–H groups in total. The minimum Gasteiger partial charge on any atom is -0.299 e. The monoisotopic (exact) mass is 174 g/mol. The predicted octanol–water partition coefficient (Wildman–Crippen LogP) is 2.44. The van der Waals surface area contributed by atoms with Crippen molar-refractivity contribution in [2.24, 2.45) is 0 Å². The second-order valence-electron chi connectivity index (χ2n) is 3.84. The predicted molar refractivity (Wildman–Crippen MR) is 52.8 cm³/mol. The Morgan fingerprint density at radius 1 is 1.15 bits per heavy atom. The van der Waals surface area contributed by atoms with Crippen LogP contribution in [0.25, 0.3) is 0 Å². The lowest BCUT2D eigenvalue weighted by atomic mass is 10.0. The van der Waals surface area contributed by atoms with Crippen molar-refractivity contribution < 1.29 is 4.79 Å². The van der Waals surface area contributed by atoms with Crippen LogP contribution in [-0.2, 0) is 17.6 Å². The van der Waals surface area contributed by atoms with Crippen LogP contribution in [0.4, 0.5) is 0 Å². The molecular formula is C12H14O.